The van der Waals surface area contributed by atoms with Crippen LogP contribution in [-0.4, -0.2) is 23.5 Å². The Morgan fingerprint density at radius 3 is 2.44 bits per heavy atom. The van der Waals surface area contributed by atoms with Crippen LogP contribution in [0.3, 0.4) is 0 Å². The molecular formula is C20H18N4O2S. The van der Waals surface area contributed by atoms with Gasteiger partial charge in [-0.2, -0.15) is 0 Å². The van der Waals surface area contributed by atoms with Gasteiger partial charge in [0.25, 0.3) is 0 Å². The fourth-order valence-corrected chi connectivity index (χ4v) is 3.14. The summed E-state index contributed by atoms with van der Waals surface area (Å²) in [6.07, 6.45) is 4.74. The van der Waals surface area contributed by atoms with Gasteiger partial charge in [0.15, 0.2) is 0 Å². The van der Waals surface area contributed by atoms with Gasteiger partial charge in [-0.25, -0.2) is 9.78 Å². The van der Waals surface area contributed by atoms with Gasteiger partial charge in [-0.05, 0) is 42.5 Å². The molecule has 0 atom stereocenters. The monoisotopic (exact) mass is 378 g/mol. The highest BCUT2D eigenvalue weighted by Gasteiger charge is 2.03. The lowest BCUT2D eigenvalue weighted by atomic mass is 10.2. The first-order chi connectivity index (χ1) is 13.1. The maximum absolute atomic E-state index is 12.1. The van der Waals surface area contributed by atoms with Crippen molar-refractivity contribution < 1.29 is 9.59 Å². The predicted molar refractivity (Wildman–Crippen MR) is 111 cm³/mol. The second-order valence-corrected chi connectivity index (χ2v) is 6.61. The number of para-hydroxylation sites is 1. The van der Waals surface area contributed by atoms with E-state index in [9.17, 15) is 9.59 Å². The van der Waals surface area contributed by atoms with Crippen molar-refractivity contribution in [3.05, 3.63) is 72.3 Å². The van der Waals surface area contributed by atoms with Gasteiger partial charge in [-0.15, -0.1) is 17.9 Å². The van der Waals surface area contributed by atoms with Gasteiger partial charge in [-0.1, -0.05) is 18.2 Å². The molecule has 1 heterocycles. The van der Waals surface area contributed by atoms with E-state index in [0.29, 0.717) is 17.9 Å². The third kappa shape index (κ3) is 5.26. The Morgan fingerprint density at radius 1 is 1.04 bits per heavy atom. The molecule has 3 amide bonds. The molecule has 27 heavy (non-hydrogen) atoms. The van der Waals surface area contributed by atoms with Crippen molar-refractivity contribution in [3.8, 4) is 0 Å². The largest absolute Gasteiger partial charge is 0.334 e. The summed E-state index contributed by atoms with van der Waals surface area (Å²) in [5, 5.41) is 8.85. The minimum Gasteiger partial charge on any atom is -0.334 e. The number of rotatable bonds is 6. The minimum atomic E-state index is -0.314. The van der Waals surface area contributed by atoms with E-state index in [1.165, 1.54) is 17.4 Å². The first-order valence-corrected chi connectivity index (χ1v) is 9.06. The number of nitrogens with zero attached hydrogens (tertiary/aromatic N) is 1. The molecule has 0 saturated heterocycles. The average Bonchev–Trinajstić information content (AvgIpc) is 3.09. The number of benzene rings is 2. The Balaban J connectivity index is 1.55. The molecule has 2 aromatic carbocycles. The average molecular weight is 378 g/mol. The maximum atomic E-state index is 12.1. The molecule has 0 spiro atoms. The Kier molecular flexibility index (Phi) is 5.96. The summed E-state index contributed by atoms with van der Waals surface area (Å²) in [7, 11) is 0. The van der Waals surface area contributed by atoms with Gasteiger partial charge in [0.2, 0.25) is 5.91 Å². The molecule has 3 aromatic rings. The van der Waals surface area contributed by atoms with Gasteiger partial charge >= 0.3 is 6.03 Å². The topological polar surface area (TPSA) is 83.1 Å². The van der Waals surface area contributed by atoms with Crippen molar-refractivity contribution in [2.24, 2.45) is 0 Å². The van der Waals surface area contributed by atoms with E-state index >= 15 is 0 Å². The Bertz CT molecular complexity index is 960. The minimum absolute atomic E-state index is 0.251. The zero-order valence-corrected chi connectivity index (χ0v) is 15.3. The van der Waals surface area contributed by atoms with Crippen molar-refractivity contribution in [2.75, 3.05) is 17.2 Å². The van der Waals surface area contributed by atoms with Crippen molar-refractivity contribution in [1.29, 1.82) is 0 Å². The smallest absolute Gasteiger partial charge is 0.319 e. The number of carbonyl (C=O) groups excluding carboxylic acids is 2. The summed E-state index contributed by atoms with van der Waals surface area (Å²) in [4.78, 5) is 28.1. The van der Waals surface area contributed by atoms with Gasteiger partial charge in [0.1, 0.15) is 5.01 Å². The van der Waals surface area contributed by atoms with Gasteiger partial charge in [0, 0.05) is 24.0 Å². The molecule has 0 aliphatic carbocycles. The third-order valence-electron chi connectivity index (χ3n) is 3.50. The Morgan fingerprint density at radius 2 is 1.74 bits per heavy atom. The van der Waals surface area contributed by atoms with Crippen LogP contribution in [0.2, 0.25) is 0 Å². The summed E-state index contributed by atoms with van der Waals surface area (Å²) >= 11 is 1.53. The summed E-state index contributed by atoms with van der Waals surface area (Å²) in [5.41, 5.74) is 2.17. The molecule has 0 aliphatic rings. The first-order valence-electron chi connectivity index (χ1n) is 8.24. The van der Waals surface area contributed by atoms with Crippen LogP contribution in [0.5, 0.6) is 0 Å². The highest BCUT2D eigenvalue weighted by Crippen LogP contribution is 2.22. The van der Waals surface area contributed by atoms with Crippen LogP contribution in [0.15, 0.2) is 67.3 Å². The lowest BCUT2D eigenvalue weighted by Gasteiger charge is -2.07. The second-order valence-electron chi connectivity index (χ2n) is 5.54. The van der Waals surface area contributed by atoms with E-state index in [1.54, 1.807) is 36.4 Å². The fourth-order valence-electron chi connectivity index (χ4n) is 2.27. The summed E-state index contributed by atoms with van der Waals surface area (Å²) in [6, 6.07) is 14.4. The molecular weight excluding hydrogens is 360 g/mol. The number of aromatic nitrogens is 1. The van der Waals surface area contributed by atoms with Gasteiger partial charge in [-0.3, -0.25) is 4.79 Å². The lowest BCUT2D eigenvalue weighted by Crippen LogP contribution is -2.28. The standard InChI is InChI=1S/C20H18N4O2S/c1-2-13-21-20(26)23-15-9-7-14(8-10-15)22-18(25)11-12-19-24-16-5-3-4-6-17(16)27-19/h2-12H,1,13H2,(H,22,25)(H2,21,23,26)/b12-11+. The molecule has 0 saturated carbocycles. The van der Waals surface area contributed by atoms with Crippen molar-refractivity contribution in [1.82, 2.24) is 10.3 Å². The van der Waals surface area contributed by atoms with Crippen molar-refractivity contribution in [2.45, 2.75) is 0 Å². The number of hydrogen-bond acceptors (Lipinski definition) is 4. The molecule has 0 unspecified atom stereocenters. The molecule has 0 aliphatic heterocycles. The molecule has 1 aromatic heterocycles. The summed E-state index contributed by atoms with van der Waals surface area (Å²) in [6.45, 7) is 3.92. The maximum Gasteiger partial charge on any atom is 0.319 e. The Hall–Kier alpha value is -3.45. The summed E-state index contributed by atoms with van der Waals surface area (Å²) in [5.74, 6) is -0.251. The lowest BCUT2D eigenvalue weighted by molar-refractivity contribution is -0.111. The summed E-state index contributed by atoms with van der Waals surface area (Å²) < 4.78 is 1.08. The zero-order chi connectivity index (χ0) is 19.1. The molecule has 3 N–H and O–H groups in total. The van der Waals surface area contributed by atoms with Crippen molar-refractivity contribution in [3.63, 3.8) is 0 Å². The third-order valence-corrected chi connectivity index (χ3v) is 4.51. The number of urea groups is 1. The van der Waals surface area contributed by atoms with E-state index < -0.39 is 0 Å². The zero-order valence-electron chi connectivity index (χ0n) is 14.4. The molecule has 0 fully saturated rings. The molecule has 0 bridgehead atoms. The van der Waals surface area contributed by atoms with E-state index in [2.05, 4.69) is 27.5 Å². The highest BCUT2D eigenvalue weighted by atomic mass is 32.1. The van der Waals surface area contributed by atoms with E-state index in [1.807, 2.05) is 24.3 Å². The number of nitrogens with one attached hydrogen (secondary N) is 3. The van der Waals surface area contributed by atoms with Crippen molar-refractivity contribution >= 4 is 50.9 Å². The van der Waals surface area contributed by atoms with E-state index in [0.717, 1.165) is 15.2 Å². The number of fused-ring (bicyclic) bond motifs is 1. The van der Waals surface area contributed by atoms with Crippen LogP contribution in [0.4, 0.5) is 16.2 Å². The number of carbonyl (C=O) groups is 2. The number of anilines is 2. The molecule has 7 heteroatoms. The normalized spacial score (nSPS) is 10.7. The second kappa shape index (κ2) is 8.77. The first kappa shape index (κ1) is 18.3. The van der Waals surface area contributed by atoms with Crippen LogP contribution in [0, 0.1) is 0 Å². The highest BCUT2D eigenvalue weighted by molar-refractivity contribution is 7.19. The fraction of sp³-hybridized carbons (Fsp3) is 0.0500. The molecule has 3 rings (SSSR count). The number of amides is 3. The van der Waals surface area contributed by atoms with Gasteiger partial charge in [0.05, 0.1) is 10.2 Å². The molecule has 136 valence electrons. The van der Waals surface area contributed by atoms with Crippen LogP contribution in [0.1, 0.15) is 5.01 Å². The predicted octanol–water partition coefficient (Wildman–Crippen LogP) is 4.26. The van der Waals surface area contributed by atoms with E-state index in [-0.39, 0.29) is 11.9 Å². The quantitative estimate of drug-likeness (QED) is 0.443. The van der Waals surface area contributed by atoms with Gasteiger partial charge < -0.3 is 16.0 Å². The Labute approximate surface area is 160 Å². The van der Waals surface area contributed by atoms with E-state index in [4.69, 9.17) is 0 Å². The number of thiazole rings is 1. The molecule has 6 nitrogen and oxygen atoms in total. The number of hydrogen-bond donors (Lipinski definition) is 3. The van der Waals surface area contributed by atoms with Crippen LogP contribution in [-0.2, 0) is 4.79 Å². The van der Waals surface area contributed by atoms with Crippen LogP contribution < -0.4 is 16.0 Å². The molecule has 0 radical (unpaired) electrons. The van der Waals surface area contributed by atoms with Crippen LogP contribution >= 0.6 is 11.3 Å². The SMILES string of the molecule is C=CCNC(=O)Nc1ccc(NC(=O)/C=C/c2nc3ccccc3s2)cc1. The van der Waals surface area contributed by atoms with Crippen LogP contribution in [0.25, 0.3) is 16.3 Å².